The van der Waals surface area contributed by atoms with Gasteiger partial charge in [-0.15, -0.1) is 23.7 Å². The van der Waals surface area contributed by atoms with E-state index in [1.54, 1.807) is 23.5 Å². The molecular weight excluding hydrogens is 371 g/mol. The number of hydrogen-bond donors (Lipinski definition) is 2. The molecule has 0 fully saturated rings. The van der Waals surface area contributed by atoms with E-state index in [-0.39, 0.29) is 23.8 Å². The second kappa shape index (κ2) is 9.12. The fraction of sp³-hybridized carbons (Fsp3) is 0.250. The highest BCUT2D eigenvalue weighted by molar-refractivity contribution is 7.15. The molecule has 0 radical (unpaired) electrons. The van der Waals surface area contributed by atoms with Gasteiger partial charge in [0.15, 0.2) is 0 Å². The molecule has 2 N–H and O–H groups in total. The van der Waals surface area contributed by atoms with E-state index in [0.29, 0.717) is 25.1 Å². The molecule has 1 aromatic carbocycles. The van der Waals surface area contributed by atoms with E-state index < -0.39 is 0 Å². The van der Waals surface area contributed by atoms with E-state index in [1.807, 2.05) is 26.0 Å². The highest BCUT2D eigenvalue weighted by Crippen LogP contribution is 2.30. The summed E-state index contributed by atoms with van der Waals surface area (Å²) in [7, 11) is 0. The van der Waals surface area contributed by atoms with Crippen LogP contribution >= 0.6 is 23.7 Å². The third-order valence-corrected chi connectivity index (χ3v) is 5.31. The lowest BCUT2D eigenvalue weighted by Gasteiger charge is -2.06. The molecule has 3 aromatic rings. The van der Waals surface area contributed by atoms with Gasteiger partial charge >= 0.3 is 0 Å². The molecule has 0 aliphatic rings. The average molecular weight is 393 g/mol. The summed E-state index contributed by atoms with van der Waals surface area (Å²) < 4.78 is 13.6. The molecule has 3 rings (SSSR count). The van der Waals surface area contributed by atoms with Gasteiger partial charge in [-0.05, 0) is 37.6 Å². The number of thiophene rings is 1. The van der Waals surface area contributed by atoms with Crippen LogP contribution in [0.1, 0.15) is 28.6 Å². The number of pyridine rings is 1. The first-order valence-electron chi connectivity index (χ1n) is 8.34. The number of aromatic amines is 1. The Balaban J connectivity index is 0.00000243. The van der Waals surface area contributed by atoms with Crippen LogP contribution in [-0.2, 0) is 19.5 Å². The molecule has 0 bridgehead atoms. The Labute approximate surface area is 162 Å². The minimum atomic E-state index is -0.183. The molecule has 0 atom stereocenters. The van der Waals surface area contributed by atoms with Crippen molar-refractivity contribution in [2.75, 3.05) is 0 Å². The van der Waals surface area contributed by atoms with Crippen LogP contribution in [0.15, 0.2) is 47.3 Å². The van der Waals surface area contributed by atoms with Gasteiger partial charge in [0.1, 0.15) is 5.82 Å². The number of benzene rings is 1. The van der Waals surface area contributed by atoms with Crippen molar-refractivity contribution < 1.29 is 4.39 Å². The Morgan fingerprint density at radius 1 is 1.12 bits per heavy atom. The fourth-order valence-electron chi connectivity index (χ4n) is 2.76. The monoisotopic (exact) mass is 392 g/mol. The van der Waals surface area contributed by atoms with Gasteiger partial charge in [-0.2, -0.15) is 0 Å². The van der Waals surface area contributed by atoms with E-state index >= 15 is 0 Å². The normalized spacial score (nSPS) is 10.6. The maximum Gasteiger partial charge on any atom is 0.251 e. The Kier molecular flexibility index (Phi) is 7.14. The SMILES string of the molecule is CCc1cc(-c2ccc(CNCc3ccccc3F)s2)c(C)[nH]c1=O.Cl. The predicted octanol–water partition coefficient (Wildman–Crippen LogP) is 4.82. The third-order valence-electron chi connectivity index (χ3n) is 4.20. The first-order chi connectivity index (χ1) is 12.1. The summed E-state index contributed by atoms with van der Waals surface area (Å²) in [6.07, 6.45) is 0.713. The second-order valence-corrected chi connectivity index (χ2v) is 7.15. The van der Waals surface area contributed by atoms with Crippen molar-refractivity contribution in [1.29, 1.82) is 0 Å². The molecule has 0 spiro atoms. The van der Waals surface area contributed by atoms with Crippen LogP contribution in [0.4, 0.5) is 4.39 Å². The van der Waals surface area contributed by atoms with Crippen LogP contribution in [0.3, 0.4) is 0 Å². The summed E-state index contributed by atoms with van der Waals surface area (Å²) >= 11 is 1.69. The summed E-state index contributed by atoms with van der Waals surface area (Å²) in [4.78, 5) is 17.1. The Bertz CT molecular complexity index is 936. The molecule has 0 aliphatic carbocycles. The fourth-order valence-corrected chi connectivity index (χ4v) is 3.82. The second-order valence-electron chi connectivity index (χ2n) is 5.98. The summed E-state index contributed by atoms with van der Waals surface area (Å²) in [6.45, 7) is 5.09. The largest absolute Gasteiger partial charge is 0.326 e. The van der Waals surface area contributed by atoms with Gasteiger partial charge in [-0.1, -0.05) is 25.1 Å². The van der Waals surface area contributed by atoms with Crippen LogP contribution in [0.2, 0.25) is 0 Å². The standard InChI is InChI=1S/C20H21FN2OS.ClH/c1-3-14-10-17(13(2)23-20(14)24)19-9-8-16(25-19)12-22-11-15-6-4-5-7-18(15)21;/h4-10,22H,3,11-12H2,1-2H3,(H,23,24);1H. The highest BCUT2D eigenvalue weighted by Gasteiger charge is 2.09. The molecule has 0 aliphatic heterocycles. The summed E-state index contributed by atoms with van der Waals surface area (Å²) in [6, 6.07) is 12.9. The van der Waals surface area contributed by atoms with Crippen molar-refractivity contribution in [3.63, 3.8) is 0 Å². The molecule has 138 valence electrons. The van der Waals surface area contributed by atoms with Crippen LogP contribution in [0.25, 0.3) is 10.4 Å². The lowest BCUT2D eigenvalue weighted by molar-refractivity contribution is 0.589. The maximum absolute atomic E-state index is 13.6. The molecular formula is C20H22ClFN2OS. The number of nitrogens with one attached hydrogen (secondary N) is 2. The van der Waals surface area contributed by atoms with Crippen molar-refractivity contribution >= 4 is 23.7 Å². The van der Waals surface area contributed by atoms with E-state index in [1.165, 1.54) is 10.9 Å². The zero-order chi connectivity index (χ0) is 17.8. The number of hydrogen-bond acceptors (Lipinski definition) is 3. The molecule has 3 nitrogen and oxygen atoms in total. The van der Waals surface area contributed by atoms with E-state index in [9.17, 15) is 9.18 Å². The predicted molar refractivity (Wildman–Crippen MR) is 109 cm³/mol. The van der Waals surface area contributed by atoms with Crippen LogP contribution in [-0.4, -0.2) is 4.98 Å². The Morgan fingerprint density at radius 2 is 1.88 bits per heavy atom. The number of H-pyrrole nitrogens is 1. The van der Waals surface area contributed by atoms with Crippen molar-refractivity contribution in [1.82, 2.24) is 10.3 Å². The molecule has 0 unspecified atom stereocenters. The van der Waals surface area contributed by atoms with E-state index in [0.717, 1.165) is 21.7 Å². The molecule has 2 heterocycles. The quantitative estimate of drug-likeness (QED) is 0.631. The smallest absolute Gasteiger partial charge is 0.251 e. The zero-order valence-corrected chi connectivity index (χ0v) is 16.4. The molecule has 0 amide bonds. The lowest BCUT2D eigenvalue weighted by Crippen LogP contribution is -2.13. The van der Waals surface area contributed by atoms with Crippen LogP contribution in [0, 0.1) is 12.7 Å². The van der Waals surface area contributed by atoms with Crippen molar-refractivity contribution in [2.24, 2.45) is 0 Å². The van der Waals surface area contributed by atoms with Crippen LogP contribution < -0.4 is 10.9 Å². The first-order valence-corrected chi connectivity index (χ1v) is 9.16. The lowest BCUT2D eigenvalue weighted by atomic mass is 10.1. The van der Waals surface area contributed by atoms with Crippen molar-refractivity contribution in [3.8, 4) is 10.4 Å². The number of halogens is 2. The summed E-state index contributed by atoms with van der Waals surface area (Å²) in [5.41, 5.74) is 3.42. The van der Waals surface area contributed by atoms with Gasteiger partial charge in [-0.25, -0.2) is 4.39 Å². The molecule has 6 heteroatoms. The van der Waals surface area contributed by atoms with E-state index in [2.05, 4.69) is 22.4 Å². The van der Waals surface area contributed by atoms with Crippen molar-refractivity contribution in [3.05, 3.63) is 80.3 Å². The molecule has 2 aromatic heterocycles. The minimum absolute atomic E-state index is 0. The van der Waals surface area contributed by atoms with Gasteiger partial charge in [0.05, 0.1) is 0 Å². The minimum Gasteiger partial charge on any atom is -0.326 e. The number of rotatable bonds is 6. The van der Waals surface area contributed by atoms with Gasteiger partial charge in [-0.3, -0.25) is 4.79 Å². The van der Waals surface area contributed by atoms with Gasteiger partial charge < -0.3 is 10.3 Å². The first kappa shape index (κ1) is 20.4. The third kappa shape index (κ3) is 4.61. The Hall–Kier alpha value is -1.95. The topological polar surface area (TPSA) is 44.9 Å². The van der Waals surface area contributed by atoms with Crippen molar-refractivity contribution in [2.45, 2.75) is 33.4 Å². The zero-order valence-electron chi connectivity index (χ0n) is 14.8. The van der Waals surface area contributed by atoms with Gasteiger partial charge in [0.25, 0.3) is 5.56 Å². The Morgan fingerprint density at radius 3 is 2.62 bits per heavy atom. The van der Waals surface area contributed by atoms with Gasteiger partial charge in [0, 0.05) is 45.2 Å². The highest BCUT2D eigenvalue weighted by atomic mass is 35.5. The molecule has 0 saturated carbocycles. The van der Waals surface area contributed by atoms with E-state index in [4.69, 9.17) is 0 Å². The number of aryl methyl sites for hydroxylation is 2. The molecule has 0 saturated heterocycles. The number of aromatic nitrogens is 1. The summed E-state index contributed by atoms with van der Waals surface area (Å²) in [5.74, 6) is -0.183. The summed E-state index contributed by atoms with van der Waals surface area (Å²) in [5, 5.41) is 3.28. The van der Waals surface area contributed by atoms with Crippen LogP contribution in [0.5, 0.6) is 0 Å². The maximum atomic E-state index is 13.6. The van der Waals surface area contributed by atoms with Gasteiger partial charge in [0.2, 0.25) is 0 Å². The average Bonchev–Trinajstić information content (AvgIpc) is 3.05. The molecule has 26 heavy (non-hydrogen) atoms.